The molecule has 0 amide bonds. The summed E-state index contributed by atoms with van der Waals surface area (Å²) in [5.41, 5.74) is 5.08. The summed E-state index contributed by atoms with van der Waals surface area (Å²) >= 11 is 0. The minimum Gasteiger partial charge on any atom is -0.340 e. The lowest BCUT2D eigenvalue weighted by molar-refractivity contribution is -0.137. The maximum atomic E-state index is 13.5. The fraction of sp³-hybridized carbons (Fsp3) is 0.560. The number of fused-ring (bicyclic) bond motifs is 4. The average molecular weight is 458 g/mol. The molecule has 1 aliphatic carbocycles. The molecule has 0 bridgehead atoms. The highest BCUT2D eigenvalue weighted by Crippen LogP contribution is 2.48. The van der Waals surface area contributed by atoms with Gasteiger partial charge in [0.1, 0.15) is 0 Å². The highest BCUT2D eigenvalue weighted by Gasteiger charge is 2.39. The Morgan fingerprint density at radius 1 is 1.18 bits per heavy atom. The van der Waals surface area contributed by atoms with E-state index in [0.29, 0.717) is 11.7 Å². The molecule has 5 rings (SSSR count). The molecule has 1 N–H and O–H groups in total. The molecule has 176 valence electrons. The molecular formula is C25H30F3N5. The van der Waals surface area contributed by atoms with Crippen molar-refractivity contribution in [3.05, 3.63) is 63.7 Å². The van der Waals surface area contributed by atoms with Crippen molar-refractivity contribution < 1.29 is 13.2 Å². The van der Waals surface area contributed by atoms with Crippen LogP contribution in [0.2, 0.25) is 0 Å². The summed E-state index contributed by atoms with van der Waals surface area (Å²) < 4.78 is 43.0. The number of rotatable bonds is 5. The van der Waals surface area contributed by atoms with Crippen LogP contribution >= 0.6 is 0 Å². The summed E-state index contributed by atoms with van der Waals surface area (Å²) in [6.07, 6.45) is 1.46. The van der Waals surface area contributed by atoms with E-state index in [1.807, 2.05) is 6.92 Å². The molecule has 3 heterocycles. The molecule has 3 aromatic rings. The smallest absolute Gasteiger partial charge is 0.340 e. The summed E-state index contributed by atoms with van der Waals surface area (Å²) in [7, 11) is 0. The molecule has 3 atom stereocenters. The molecule has 0 saturated heterocycles. The van der Waals surface area contributed by atoms with Gasteiger partial charge in [-0.1, -0.05) is 32.1 Å². The summed E-state index contributed by atoms with van der Waals surface area (Å²) in [5.74, 6) is 1.42. The molecular weight excluding hydrogens is 427 g/mol. The first-order chi connectivity index (χ1) is 15.7. The topological polar surface area (TPSA) is 59.4 Å². The average Bonchev–Trinajstić information content (AvgIpc) is 3.41. The Labute approximate surface area is 191 Å². The lowest BCUT2D eigenvalue weighted by atomic mass is 9.82. The number of aromatic nitrogens is 5. The van der Waals surface area contributed by atoms with Crippen molar-refractivity contribution in [2.24, 2.45) is 5.92 Å². The van der Waals surface area contributed by atoms with E-state index in [9.17, 15) is 13.2 Å². The fourth-order valence-corrected chi connectivity index (χ4v) is 5.82. The number of halogens is 3. The van der Waals surface area contributed by atoms with Crippen molar-refractivity contribution in [2.75, 3.05) is 0 Å². The standard InChI is InChI=1S/C25H30F3N5/c1-14(2)7-10-21-19-9-8-18(25(26,27)28)13-20(19)15(3)22-11-16-5-4-6-17(24(16)33(21)22)12-23-29-31-32-30-23/h8-9,11,13-15,17,21H,4-7,10,12H2,1-3H3,(H,29,30,31,32)/t15?,17?,21-/m0/s1. The van der Waals surface area contributed by atoms with Gasteiger partial charge in [-0.15, -0.1) is 10.2 Å². The Bertz CT molecular complexity index is 1130. The van der Waals surface area contributed by atoms with Crippen molar-refractivity contribution in [3.8, 4) is 0 Å². The van der Waals surface area contributed by atoms with Gasteiger partial charge in [0.05, 0.1) is 11.6 Å². The van der Waals surface area contributed by atoms with Gasteiger partial charge in [-0.3, -0.25) is 0 Å². The third-order valence-corrected chi connectivity index (χ3v) is 7.40. The number of aromatic amines is 1. The number of nitrogens with one attached hydrogen (secondary N) is 1. The van der Waals surface area contributed by atoms with Gasteiger partial charge in [0.25, 0.3) is 0 Å². The number of aryl methyl sites for hydroxylation is 1. The van der Waals surface area contributed by atoms with Crippen molar-refractivity contribution in [1.29, 1.82) is 0 Å². The number of benzene rings is 1. The number of hydrogen-bond acceptors (Lipinski definition) is 3. The van der Waals surface area contributed by atoms with Crippen molar-refractivity contribution in [3.63, 3.8) is 0 Å². The highest BCUT2D eigenvalue weighted by molar-refractivity contribution is 5.49. The van der Waals surface area contributed by atoms with E-state index in [1.165, 1.54) is 23.4 Å². The summed E-state index contributed by atoms with van der Waals surface area (Å²) in [5, 5.41) is 14.6. The lowest BCUT2D eigenvalue weighted by Gasteiger charge is -2.37. The molecule has 1 aliphatic heterocycles. The van der Waals surface area contributed by atoms with Gasteiger partial charge in [-0.2, -0.15) is 18.4 Å². The molecule has 1 aromatic carbocycles. The van der Waals surface area contributed by atoms with Crippen LogP contribution in [-0.4, -0.2) is 25.2 Å². The maximum absolute atomic E-state index is 13.5. The summed E-state index contributed by atoms with van der Waals surface area (Å²) in [4.78, 5) is 0. The minimum absolute atomic E-state index is 0.0468. The molecule has 0 radical (unpaired) electrons. The Balaban J connectivity index is 1.63. The molecule has 33 heavy (non-hydrogen) atoms. The van der Waals surface area contributed by atoms with Crippen LogP contribution in [0.15, 0.2) is 24.3 Å². The second-order valence-electron chi connectivity index (χ2n) is 10.0. The van der Waals surface area contributed by atoms with Gasteiger partial charge < -0.3 is 4.57 Å². The Morgan fingerprint density at radius 3 is 2.70 bits per heavy atom. The van der Waals surface area contributed by atoms with E-state index in [0.717, 1.165) is 55.3 Å². The van der Waals surface area contributed by atoms with E-state index in [-0.39, 0.29) is 17.9 Å². The van der Waals surface area contributed by atoms with Gasteiger partial charge in [-0.05, 0) is 72.9 Å². The van der Waals surface area contributed by atoms with E-state index >= 15 is 0 Å². The second-order valence-corrected chi connectivity index (χ2v) is 10.0. The van der Waals surface area contributed by atoms with Crippen LogP contribution in [0.3, 0.4) is 0 Å². The normalized spacial score (nSPS) is 22.2. The number of alkyl halides is 3. The van der Waals surface area contributed by atoms with E-state index in [1.54, 1.807) is 6.07 Å². The zero-order valence-corrected chi connectivity index (χ0v) is 19.3. The Hall–Kier alpha value is -2.64. The zero-order chi connectivity index (χ0) is 23.3. The van der Waals surface area contributed by atoms with Gasteiger partial charge in [0, 0.05) is 29.6 Å². The quantitative estimate of drug-likeness (QED) is 0.498. The maximum Gasteiger partial charge on any atom is 0.416 e. The van der Waals surface area contributed by atoms with Crippen LogP contribution < -0.4 is 0 Å². The molecule has 5 nitrogen and oxygen atoms in total. The summed E-state index contributed by atoms with van der Waals surface area (Å²) in [6.45, 7) is 6.44. The first-order valence-corrected chi connectivity index (χ1v) is 11.9. The molecule has 0 saturated carbocycles. The predicted molar refractivity (Wildman–Crippen MR) is 119 cm³/mol. The number of H-pyrrole nitrogens is 1. The number of hydrogen-bond donors (Lipinski definition) is 1. The van der Waals surface area contributed by atoms with E-state index in [2.05, 4.69) is 45.1 Å². The molecule has 0 spiro atoms. The largest absolute Gasteiger partial charge is 0.416 e. The van der Waals surface area contributed by atoms with Crippen LogP contribution in [0.5, 0.6) is 0 Å². The van der Waals surface area contributed by atoms with Crippen LogP contribution in [-0.2, 0) is 19.0 Å². The Morgan fingerprint density at radius 2 is 2.00 bits per heavy atom. The minimum atomic E-state index is -4.34. The first kappa shape index (κ1) is 22.2. The first-order valence-electron chi connectivity index (χ1n) is 11.9. The van der Waals surface area contributed by atoms with Crippen molar-refractivity contribution in [1.82, 2.24) is 25.2 Å². The van der Waals surface area contributed by atoms with Crippen LogP contribution in [0, 0.1) is 5.92 Å². The Kier molecular flexibility index (Phi) is 5.57. The van der Waals surface area contributed by atoms with Crippen LogP contribution in [0.1, 0.15) is 104 Å². The van der Waals surface area contributed by atoms with Crippen molar-refractivity contribution >= 4 is 0 Å². The monoisotopic (exact) mass is 457 g/mol. The third-order valence-electron chi connectivity index (χ3n) is 7.40. The second kappa shape index (κ2) is 8.29. The predicted octanol–water partition coefficient (Wildman–Crippen LogP) is 6.17. The third kappa shape index (κ3) is 3.97. The van der Waals surface area contributed by atoms with Gasteiger partial charge in [0.2, 0.25) is 0 Å². The van der Waals surface area contributed by atoms with Gasteiger partial charge in [0.15, 0.2) is 5.82 Å². The molecule has 2 aromatic heterocycles. The molecule has 8 heteroatoms. The lowest BCUT2D eigenvalue weighted by Crippen LogP contribution is -2.27. The summed E-state index contributed by atoms with van der Waals surface area (Å²) in [6, 6.07) is 6.67. The number of nitrogens with zero attached hydrogens (tertiary/aromatic N) is 4. The van der Waals surface area contributed by atoms with Gasteiger partial charge >= 0.3 is 6.18 Å². The van der Waals surface area contributed by atoms with Gasteiger partial charge in [-0.25, -0.2) is 0 Å². The molecule has 2 aliphatic rings. The number of tetrazole rings is 1. The van der Waals surface area contributed by atoms with E-state index in [4.69, 9.17) is 0 Å². The molecule has 2 unspecified atom stereocenters. The van der Waals surface area contributed by atoms with Crippen LogP contribution in [0.25, 0.3) is 0 Å². The zero-order valence-electron chi connectivity index (χ0n) is 19.3. The fourth-order valence-electron chi connectivity index (χ4n) is 5.82. The van der Waals surface area contributed by atoms with Crippen LogP contribution in [0.4, 0.5) is 13.2 Å². The SMILES string of the molecule is CC(C)CC[C@H]1c2ccc(C(F)(F)F)cc2C(C)c2cc3c(n21)C(Cc1nn[nH]n1)CCC3. The highest BCUT2D eigenvalue weighted by atomic mass is 19.4. The van der Waals surface area contributed by atoms with E-state index < -0.39 is 11.7 Å². The molecule has 0 fully saturated rings. The van der Waals surface area contributed by atoms with Crippen molar-refractivity contribution in [2.45, 2.75) is 83.4 Å².